The molecule has 2 aromatic heterocycles. The number of aromatic amines is 1. The molecule has 0 bridgehead atoms. The molecule has 180 valence electrons. The number of amides is 1. The van der Waals surface area contributed by atoms with Gasteiger partial charge in [0.25, 0.3) is 11.5 Å². The van der Waals surface area contributed by atoms with Crippen LogP contribution in [-0.4, -0.2) is 43.3 Å². The van der Waals surface area contributed by atoms with Gasteiger partial charge >= 0.3 is 0 Å². The lowest BCUT2D eigenvalue weighted by molar-refractivity contribution is 0.0951. The number of nitrogens with zero attached hydrogens (tertiary/aromatic N) is 4. The molecule has 0 aliphatic carbocycles. The summed E-state index contributed by atoms with van der Waals surface area (Å²) in [6, 6.07) is 19.3. The van der Waals surface area contributed by atoms with Crippen molar-refractivity contribution in [2.45, 2.75) is 13.1 Å². The van der Waals surface area contributed by atoms with Gasteiger partial charge in [-0.05, 0) is 52.1 Å². The van der Waals surface area contributed by atoms with Gasteiger partial charge < -0.3 is 19.7 Å². The first-order valence-electron chi connectivity index (χ1n) is 11.1. The number of methoxy groups -OCH3 is 1. The van der Waals surface area contributed by atoms with E-state index in [1.807, 2.05) is 30.3 Å². The number of rotatable bonds is 7. The van der Waals surface area contributed by atoms with Crippen molar-refractivity contribution in [2.75, 3.05) is 7.11 Å². The number of benzene rings is 3. The highest BCUT2D eigenvalue weighted by molar-refractivity contribution is 5.98. The molecule has 10 nitrogen and oxygen atoms in total. The molecular formula is C26H22N6O4. The normalized spacial score (nSPS) is 10.9. The molecule has 0 unspecified atom stereocenters. The Morgan fingerprint density at radius 1 is 1.06 bits per heavy atom. The van der Waals surface area contributed by atoms with Crippen LogP contribution in [0, 0.1) is 0 Å². The van der Waals surface area contributed by atoms with Crippen LogP contribution in [0.3, 0.4) is 0 Å². The first-order valence-corrected chi connectivity index (χ1v) is 11.1. The molecule has 3 N–H and O–H groups in total. The quantitative estimate of drug-likeness (QED) is 0.325. The van der Waals surface area contributed by atoms with Gasteiger partial charge in [0.2, 0.25) is 5.82 Å². The van der Waals surface area contributed by atoms with Gasteiger partial charge in [-0.25, -0.2) is 0 Å². The Labute approximate surface area is 205 Å². The summed E-state index contributed by atoms with van der Waals surface area (Å²) in [5, 5.41) is 27.7. The lowest BCUT2D eigenvalue weighted by Crippen LogP contribution is -2.24. The van der Waals surface area contributed by atoms with E-state index in [2.05, 4.69) is 25.9 Å². The lowest BCUT2D eigenvalue weighted by Gasteiger charge is -2.10. The van der Waals surface area contributed by atoms with Crippen molar-refractivity contribution >= 4 is 16.7 Å². The van der Waals surface area contributed by atoms with E-state index in [-0.39, 0.29) is 23.8 Å². The SMILES string of the molecule is COc1cc(CNC(=O)c2ccc3ccn(Cc4ccc(-c5nn[nH]n5)cc4)c(=O)c3c2)ccc1O. The monoisotopic (exact) mass is 482 g/mol. The highest BCUT2D eigenvalue weighted by Crippen LogP contribution is 2.26. The number of tetrazole rings is 1. The molecule has 2 heterocycles. The molecule has 0 fully saturated rings. The van der Waals surface area contributed by atoms with Crippen molar-refractivity contribution in [1.29, 1.82) is 0 Å². The van der Waals surface area contributed by atoms with Crippen molar-refractivity contribution < 1.29 is 14.6 Å². The largest absolute Gasteiger partial charge is 0.504 e. The van der Waals surface area contributed by atoms with Crippen molar-refractivity contribution in [3.05, 3.63) is 100.0 Å². The molecule has 36 heavy (non-hydrogen) atoms. The maximum absolute atomic E-state index is 13.2. The number of pyridine rings is 1. The number of nitrogens with one attached hydrogen (secondary N) is 2. The molecule has 10 heteroatoms. The van der Waals surface area contributed by atoms with Crippen LogP contribution in [0.2, 0.25) is 0 Å². The number of ether oxygens (including phenoxy) is 1. The Morgan fingerprint density at radius 3 is 2.61 bits per heavy atom. The molecule has 0 radical (unpaired) electrons. The summed E-state index contributed by atoms with van der Waals surface area (Å²) in [5.74, 6) is 0.550. The van der Waals surface area contributed by atoms with Crippen molar-refractivity contribution in [2.24, 2.45) is 0 Å². The number of aromatic nitrogens is 5. The molecular weight excluding hydrogens is 460 g/mol. The average Bonchev–Trinajstić information content (AvgIpc) is 3.45. The Kier molecular flexibility index (Phi) is 6.14. The molecule has 0 saturated heterocycles. The number of phenols is 1. The maximum atomic E-state index is 13.2. The fourth-order valence-corrected chi connectivity index (χ4v) is 3.90. The van der Waals surface area contributed by atoms with Crippen LogP contribution in [0.25, 0.3) is 22.2 Å². The molecule has 0 aliphatic rings. The summed E-state index contributed by atoms with van der Waals surface area (Å²) in [6.07, 6.45) is 1.75. The molecule has 1 amide bonds. The maximum Gasteiger partial charge on any atom is 0.258 e. The zero-order valence-corrected chi connectivity index (χ0v) is 19.3. The second kappa shape index (κ2) is 9.71. The van der Waals surface area contributed by atoms with E-state index in [0.717, 1.165) is 22.1 Å². The van der Waals surface area contributed by atoms with Gasteiger partial charge in [0.1, 0.15) is 0 Å². The van der Waals surface area contributed by atoms with Crippen LogP contribution in [0.1, 0.15) is 21.5 Å². The molecule has 0 saturated carbocycles. The van der Waals surface area contributed by atoms with E-state index < -0.39 is 0 Å². The predicted molar refractivity (Wildman–Crippen MR) is 133 cm³/mol. The van der Waals surface area contributed by atoms with Crippen molar-refractivity contribution in [3.63, 3.8) is 0 Å². The summed E-state index contributed by atoms with van der Waals surface area (Å²) in [6.45, 7) is 0.618. The Morgan fingerprint density at radius 2 is 1.86 bits per heavy atom. The number of hydrogen-bond donors (Lipinski definition) is 3. The second-order valence-corrected chi connectivity index (χ2v) is 8.17. The van der Waals surface area contributed by atoms with Gasteiger partial charge in [0.05, 0.1) is 13.7 Å². The van der Waals surface area contributed by atoms with Crippen LogP contribution in [-0.2, 0) is 13.1 Å². The number of carbonyl (C=O) groups excluding carboxylic acids is 1. The minimum Gasteiger partial charge on any atom is -0.504 e. The molecule has 3 aromatic carbocycles. The fourth-order valence-electron chi connectivity index (χ4n) is 3.90. The zero-order chi connectivity index (χ0) is 25.1. The van der Waals surface area contributed by atoms with Crippen LogP contribution < -0.4 is 15.6 Å². The van der Waals surface area contributed by atoms with E-state index in [0.29, 0.717) is 29.1 Å². The molecule has 0 atom stereocenters. The second-order valence-electron chi connectivity index (χ2n) is 8.17. The van der Waals surface area contributed by atoms with Gasteiger partial charge in [0, 0.05) is 29.3 Å². The van der Waals surface area contributed by atoms with Crippen molar-refractivity contribution in [3.8, 4) is 22.9 Å². The van der Waals surface area contributed by atoms with Crippen LogP contribution in [0.4, 0.5) is 0 Å². The summed E-state index contributed by atoms with van der Waals surface area (Å²) < 4.78 is 6.71. The van der Waals surface area contributed by atoms with Crippen LogP contribution in [0.15, 0.2) is 77.7 Å². The number of phenolic OH excluding ortho intramolecular Hbond substituents is 1. The summed E-state index contributed by atoms with van der Waals surface area (Å²) in [5.41, 5.74) is 2.72. The van der Waals surface area contributed by atoms with E-state index in [9.17, 15) is 14.7 Å². The van der Waals surface area contributed by atoms with Gasteiger partial charge in [-0.1, -0.05) is 36.4 Å². The Bertz CT molecular complexity index is 1590. The summed E-state index contributed by atoms with van der Waals surface area (Å²) >= 11 is 0. The molecule has 5 rings (SSSR count). The number of hydrogen-bond acceptors (Lipinski definition) is 7. The summed E-state index contributed by atoms with van der Waals surface area (Å²) in [4.78, 5) is 26.0. The number of H-pyrrole nitrogens is 1. The Balaban J connectivity index is 1.34. The van der Waals surface area contributed by atoms with Gasteiger partial charge in [-0.2, -0.15) is 5.21 Å². The predicted octanol–water partition coefficient (Wildman–Crippen LogP) is 2.87. The van der Waals surface area contributed by atoms with E-state index in [1.165, 1.54) is 13.2 Å². The number of aromatic hydroxyl groups is 1. The third-order valence-electron chi connectivity index (χ3n) is 5.85. The summed E-state index contributed by atoms with van der Waals surface area (Å²) in [7, 11) is 1.46. The van der Waals surface area contributed by atoms with Gasteiger partial charge in [-0.3, -0.25) is 9.59 Å². The zero-order valence-electron chi connectivity index (χ0n) is 19.3. The highest BCUT2D eigenvalue weighted by atomic mass is 16.5. The van der Waals surface area contributed by atoms with Gasteiger partial charge in [0.15, 0.2) is 11.5 Å². The van der Waals surface area contributed by atoms with E-state index in [4.69, 9.17) is 4.74 Å². The van der Waals surface area contributed by atoms with Crippen LogP contribution in [0.5, 0.6) is 11.5 Å². The first kappa shape index (κ1) is 22.8. The third kappa shape index (κ3) is 4.64. The molecule has 5 aromatic rings. The lowest BCUT2D eigenvalue weighted by atomic mass is 10.1. The fraction of sp³-hybridized carbons (Fsp3) is 0.115. The number of carbonyl (C=O) groups is 1. The minimum atomic E-state index is -0.309. The standard InChI is InChI=1S/C26H22N6O4/c1-36-23-12-17(4-9-22(23)33)14-27-25(34)20-8-7-18-10-11-32(26(35)21(18)13-20)15-16-2-5-19(6-3-16)24-28-30-31-29-24/h2-13,33H,14-15H2,1H3,(H,27,34)(H,28,29,30,31). The first-order chi connectivity index (χ1) is 17.5. The minimum absolute atomic E-state index is 0.0290. The van der Waals surface area contributed by atoms with E-state index >= 15 is 0 Å². The topological polar surface area (TPSA) is 135 Å². The molecule has 0 aliphatic heterocycles. The third-order valence-corrected chi connectivity index (χ3v) is 5.85. The van der Waals surface area contributed by atoms with Crippen molar-refractivity contribution in [1.82, 2.24) is 30.5 Å². The highest BCUT2D eigenvalue weighted by Gasteiger charge is 2.11. The van der Waals surface area contributed by atoms with E-state index in [1.54, 1.807) is 41.1 Å². The average molecular weight is 483 g/mol. The van der Waals surface area contributed by atoms with Gasteiger partial charge in [-0.15, -0.1) is 10.2 Å². The number of fused-ring (bicyclic) bond motifs is 1. The van der Waals surface area contributed by atoms with Crippen LogP contribution >= 0.6 is 0 Å². The molecule has 0 spiro atoms. The smallest absolute Gasteiger partial charge is 0.258 e. The Hall–Kier alpha value is -4.99.